The van der Waals surface area contributed by atoms with Gasteiger partial charge in [0.2, 0.25) is 10.0 Å². The van der Waals surface area contributed by atoms with Gasteiger partial charge >= 0.3 is 6.03 Å². The molecule has 32 heavy (non-hydrogen) atoms. The van der Waals surface area contributed by atoms with Crippen molar-refractivity contribution in [1.29, 1.82) is 0 Å². The lowest BCUT2D eigenvalue weighted by molar-refractivity contribution is -0.0884. The Morgan fingerprint density at radius 2 is 1.94 bits per heavy atom. The predicted molar refractivity (Wildman–Crippen MR) is 119 cm³/mol. The molecule has 11 heteroatoms. The van der Waals surface area contributed by atoms with Crippen LogP contribution >= 0.6 is 11.6 Å². The van der Waals surface area contributed by atoms with Gasteiger partial charge in [0.05, 0.1) is 23.6 Å². The van der Waals surface area contributed by atoms with Gasteiger partial charge in [0.15, 0.2) is 0 Å². The van der Waals surface area contributed by atoms with E-state index in [1.165, 1.54) is 36.4 Å². The van der Waals surface area contributed by atoms with Crippen LogP contribution in [0, 0.1) is 5.82 Å². The number of rotatable bonds is 8. The van der Waals surface area contributed by atoms with Crippen LogP contribution in [0.3, 0.4) is 0 Å². The number of hydrogen-bond donors (Lipinski definition) is 4. The Kier molecular flexibility index (Phi) is 8.44. The van der Waals surface area contributed by atoms with Crippen LogP contribution in [0.25, 0.3) is 0 Å². The molecule has 0 unspecified atom stereocenters. The third kappa shape index (κ3) is 6.88. The molecule has 0 spiro atoms. The Hall–Kier alpha value is -2.24. The van der Waals surface area contributed by atoms with Gasteiger partial charge in [-0.1, -0.05) is 17.7 Å². The first-order chi connectivity index (χ1) is 15.3. The van der Waals surface area contributed by atoms with Crippen LogP contribution in [0.4, 0.5) is 14.9 Å². The van der Waals surface area contributed by atoms with Crippen LogP contribution in [0.2, 0.25) is 5.02 Å². The molecule has 0 aliphatic carbocycles. The maximum absolute atomic E-state index is 13.0. The molecule has 2 aromatic carbocycles. The molecule has 3 atom stereocenters. The number of aliphatic hydroxyl groups is 1. The zero-order valence-electron chi connectivity index (χ0n) is 17.1. The van der Waals surface area contributed by atoms with E-state index in [1.54, 1.807) is 12.1 Å². The van der Waals surface area contributed by atoms with Crippen molar-refractivity contribution in [2.75, 3.05) is 18.5 Å². The lowest BCUT2D eigenvalue weighted by Crippen LogP contribution is -2.52. The molecule has 1 heterocycles. The van der Waals surface area contributed by atoms with E-state index in [0.717, 1.165) is 0 Å². The average molecular weight is 486 g/mol. The molecule has 1 saturated heterocycles. The monoisotopic (exact) mass is 485 g/mol. The van der Waals surface area contributed by atoms with E-state index in [1.807, 2.05) is 0 Å². The van der Waals surface area contributed by atoms with Crippen molar-refractivity contribution in [2.24, 2.45) is 0 Å². The quantitative estimate of drug-likeness (QED) is 0.458. The van der Waals surface area contributed by atoms with Gasteiger partial charge in [-0.2, -0.15) is 0 Å². The summed E-state index contributed by atoms with van der Waals surface area (Å²) in [6, 6.07) is 10.4. The van der Waals surface area contributed by atoms with E-state index in [2.05, 4.69) is 15.4 Å². The summed E-state index contributed by atoms with van der Waals surface area (Å²) >= 11 is 5.85. The number of hydrogen-bond acceptors (Lipinski definition) is 5. The second-order valence-corrected chi connectivity index (χ2v) is 9.62. The smallest absolute Gasteiger partial charge is 0.319 e. The fourth-order valence-corrected chi connectivity index (χ4v) is 4.80. The molecule has 0 saturated carbocycles. The highest BCUT2D eigenvalue weighted by Crippen LogP contribution is 2.22. The highest BCUT2D eigenvalue weighted by atomic mass is 35.5. The largest absolute Gasteiger partial charge is 0.394 e. The van der Waals surface area contributed by atoms with Crippen LogP contribution in [0.1, 0.15) is 19.3 Å². The second-order valence-electron chi connectivity index (χ2n) is 7.41. The number of carbonyl (C=O) groups excluding carboxylic acids is 1. The average Bonchev–Trinajstić information content (AvgIpc) is 2.76. The summed E-state index contributed by atoms with van der Waals surface area (Å²) in [5.74, 6) is -0.405. The van der Waals surface area contributed by atoms with Gasteiger partial charge in [-0.15, -0.1) is 0 Å². The molecule has 0 bridgehead atoms. The van der Waals surface area contributed by atoms with Gasteiger partial charge in [0.1, 0.15) is 11.9 Å². The molecule has 4 N–H and O–H groups in total. The van der Waals surface area contributed by atoms with E-state index in [4.69, 9.17) is 16.3 Å². The Morgan fingerprint density at radius 3 is 2.62 bits per heavy atom. The highest BCUT2D eigenvalue weighted by molar-refractivity contribution is 7.89. The summed E-state index contributed by atoms with van der Waals surface area (Å²) in [4.78, 5) is 12.3. The normalized spacial score (nSPS) is 21.2. The molecule has 174 valence electrons. The number of benzene rings is 2. The molecule has 1 fully saturated rings. The number of amides is 2. The van der Waals surface area contributed by atoms with Crippen molar-refractivity contribution in [2.45, 2.75) is 42.4 Å². The number of halogens is 2. The third-order valence-corrected chi connectivity index (χ3v) is 6.77. The van der Waals surface area contributed by atoms with Crippen LogP contribution in [0.5, 0.6) is 0 Å². The summed E-state index contributed by atoms with van der Waals surface area (Å²) in [6.45, 7) is -0.146. The number of sulfonamides is 1. The van der Waals surface area contributed by atoms with Gasteiger partial charge in [-0.3, -0.25) is 0 Å². The molecule has 8 nitrogen and oxygen atoms in total. The lowest BCUT2D eigenvalue weighted by atomic mass is 9.97. The topological polar surface area (TPSA) is 117 Å². The zero-order valence-corrected chi connectivity index (χ0v) is 18.7. The zero-order chi connectivity index (χ0) is 23.1. The molecule has 3 rings (SSSR count). The summed E-state index contributed by atoms with van der Waals surface area (Å²) in [5, 5.41) is 15.4. The summed E-state index contributed by atoms with van der Waals surface area (Å²) in [6.07, 6.45) is 0.639. The number of aliphatic hydroxyl groups excluding tert-OH is 1. The SMILES string of the molecule is O=C(Nc1ccc(F)cc1)N[C@@H]1CC[C@H](CCNS(=O)(=O)c2cccc(Cl)c2)O[C@H]1CO. The third-order valence-electron chi connectivity index (χ3n) is 5.08. The number of nitrogens with one attached hydrogen (secondary N) is 3. The number of urea groups is 1. The van der Waals surface area contributed by atoms with Crippen molar-refractivity contribution >= 4 is 33.3 Å². The first kappa shape index (κ1) is 24.4. The maximum Gasteiger partial charge on any atom is 0.319 e. The number of anilines is 1. The Morgan fingerprint density at radius 1 is 1.19 bits per heavy atom. The van der Waals surface area contributed by atoms with E-state index in [0.29, 0.717) is 30.0 Å². The van der Waals surface area contributed by atoms with Crippen LogP contribution in [-0.4, -0.2) is 51.0 Å². The minimum Gasteiger partial charge on any atom is -0.394 e. The molecule has 2 amide bonds. The minimum atomic E-state index is -3.69. The fraction of sp³-hybridized carbons (Fsp3) is 0.381. The van der Waals surface area contributed by atoms with E-state index < -0.39 is 34.0 Å². The maximum atomic E-state index is 13.0. The summed E-state index contributed by atoms with van der Waals surface area (Å²) in [7, 11) is -3.69. The fourth-order valence-electron chi connectivity index (χ4n) is 3.45. The van der Waals surface area contributed by atoms with Crippen molar-refractivity contribution in [1.82, 2.24) is 10.0 Å². The molecule has 1 aliphatic rings. The standard InChI is InChI=1S/C21H25ClFN3O5S/c22-14-2-1-3-18(12-14)32(29,30)24-11-10-17-8-9-19(20(13-27)31-17)26-21(28)25-16-6-4-15(23)5-7-16/h1-7,12,17,19-20,24,27H,8-11,13H2,(H2,25,26,28)/t17-,19-,20+/m1/s1. The van der Waals surface area contributed by atoms with Crippen molar-refractivity contribution in [3.63, 3.8) is 0 Å². The van der Waals surface area contributed by atoms with Gasteiger partial charge in [-0.05, 0) is 61.7 Å². The van der Waals surface area contributed by atoms with E-state index in [-0.39, 0.29) is 24.2 Å². The van der Waals surface area contributed by atoms with Gasteiger partial charge in [0, 0.05) is 17.3 Å². The van der Waals surface area contributed by atoms with Crippen molar-refractivity contribution in [3.05, 3.63) is 59.4 Å². The first-order valence-corrected chi connectivity index (χ1v) is 12.0. The highest BCUT2D eigenvalue weighted by Gasteiger charge is 2.32. The van der Waals surface area contributed by atoms with Crippen LogP contribution < -0.4 is 15.4 Å². The molecule has 1 aliphatic heterocycles. The summed E-state index contributed by atoms with van der Waals surface area (Å²) in [5.41, 5.74) is 0.436. The Labute approximate surface area is 191 Å². The van der Waals surface area contributed by atoms with Crippen LogP contribution in [-0.2, 0) is 14.8 Å². The van der Waals surface area contributed by atoms with Crippen molar-refractivity contribution in [3.8, 4) is 0 Å². The van der Waals surface area contributed by atoms with Crippen molar-refractivity contribution < 1.29 is 27.4 Å². The Balaban J connectivity index is 1.46. The molecule has 0 radical (unpaired) electrons. The first-order valence-electron chi connectivity index (χ1n) is 10.1. The number of carbonyl (C=O) groups is 1. The summed E-state index contributed by atoms with van der Waals surface area (Å²) < 4.78 is 46.1. The molecule has 0 aromatic heterocycles. The van der Waals surface area contributed by atoms with E-state index >= 15 is 0 Å². The van der Waals surface area contributed by atoms with Gasteiger partial charge < -0.3 is 20.5 Å². The van der Waals surface area contributed by atoms with Gasteiger partial charge in [0.25, 0.3) is 0 Å². The minimum absolute atomic E-state index is 0.0826. The molecular formula is C21H25ClFN3O5S. The molecular weight excluding hydrogens is 461 g/mol. The van der Waals surface area contributed by atoms with Gasteiger partial charge in [-0.25, -0.2) is 22.3 Å². The predicted octanol–water partition coefficient (Wildman–Crippen LogP) is 2.88. The molecule has 2 aromatic rings. The van der Waals surface area contributed by atoms with Crippen LogP contribution in [0.15, 0.2) is 53.4 Å². The Bertz CT molecular complexity index is 1020. The number of ether oxygens (including phenoxy) is 1. The van der Waals surface area contributed by atoms with E-state index in [9.17, 15) is 22.7 Å². The lowest BCUT2D eigenvalue weighted by Gasteiger charge is -2.36. The second kappa shape index (κ2) is 11.1.